The minimum atomic E-state index is -0.0405. The zero-order valence-electron chi connectivity index (χ0n) is 12.8. The van der Waals surface area contributed by atoms with E-state index >= 15 is 0 Å². The Balaban J connectivity index is 2.09. The number of halogens is 1. The number of methoxy groups -OCH3 is 1. The Morgan fingerprint density at radius 2 is 2.20 bits per heavy atom. The van der Waals surface area contributed by atoms with Crippen molar-refractivity contribution in [3.8, 4) is 5.75 Å². The molecule has 3 heteroatoms. The van der Waals surface area contributed by atoms with Gasteiger partial charge >= 0.3 is 0 Å². The molecule has 1 fully saturated rings. The molecule has 2 N–H and O–H groups in total. The molecule has 0 saturated heterocycles. The van der Waals surface area contributed by atoms with Gasteiger partial charge in [0.25, 0.3) is 0 Å². The summed E-state index contributed by atoms with van der Waals surface area (Å²) in [6, 6.07) is 6.30. The summed E-state index contributed by atoms with van der Waals surface area (Å²) in [5.74, 6) is 2.39. The molecule has 0 spiro atoms. The van der Waals surface area contributed by atoms with Crippen LogP contribution in [0, 0.1) is 11.8 Å². The summed E-state index contributed by atoms with van der Waals surface area (Å²) in [6.07, 6.45) is 5.84. The lowest BCUT2D eigenvalue weighted by Gasteiger charge is -2.40. The lowest BCUT2D eigenvalue weighted by atomic mass is 9.70. The molecule has 0 amide bonds. The van der Waals surface area contributed by atoms with Crippen LogP contribution in [0.2, 0.25) is 0 Å². The van der Waals surface area contributed by atoms with Crippen LogP contribution in [0.3, 0.4) is 0 Å². The van der Waals surface area contributed by atoms with E-state index < -0.39 is 0 Å². The molecular formula is C17H26BrNO. The molecule has 1 aliphatic rings. The van der Waals surface area contributed by atoms with Crippen molar-refractivity contribution < 1.29 is 4.74 Å². The topological polar surface area (TPSA) is 35.2 Å². The van der Waals surface area contributed by atoms with Crippen molar-refractivity contribution in [2.75, 3.05) is 7.11 Å². The van der Waals surface area contributed by atoms with Gasteiger partial charge in [0.2, 0.25) is 0 Å². The minimum absolute atomic E-state index is 0.0405. The van der Waals surface area contributed by atoms with E-state index in [2.05, 4.69) is 41.9 Å². The van der Waals surface area contributed by atoms with E-state index in [0.29, 0.717) is 0 Å². The molecule has 0 aliphatic heterocycles. The number of ether oxygens (including phenoxy) is 1. The molecule has 1 saturated carbocycles. The fourth-order valence-corrected chi connectivity index (χ4v) is 3.99. The number of rotatable bonds is 4. The largest absolute Gasteiger partial charge is 0.496 e. The smallest absolute Gasteiger partial charge is 0.133 e. The van der Waals surface area contributed by atoms with Gasteiger partial charge in [0.15, 0.2) is 0 Å². The van der Waals surface area contributed by atoms with E-state index in [4.69, 9.17) is 10.5 Å². The first-order chi connectivity index (χ1) is 9.43. The number of benzene rings is 1. The van der Waals surface area contributed by atoms with Crippen LogP contribution in [0.25, 0.3) is 0 Å². The zero-order chi connectivity index (χ0) is 14.8. The van der Waals surface area contributed by atoms with E-state index in [9.17, 15) is 0 Å². The molecule has 1 aromatic rings. The zero-order valence-corrected chi connectivity index (χ0v) is 14.4. The second-order valence-corrected chi connectivity index (χ2v) is 7.46. The van der Waals surface area contributed by atoms with Crippen molar-refractivity contribution in [3.63, 3.8) is 0 Å². The average molecular weight is 340 g/mol. The first-order valence-electron chi connectivity index (χ1n) is 7.55. The molecule has 2 unspecified atom stereocenters. The summed E-state index contributed by atoms with van der Waals surface area (Å²) in [4.78, 5) is 0. The average Bonchev–Trinajstić information content (AvgIpc) is 2.38. The lowest BCUT2D eigenvalue weighted by Crippen LogP contribution is -2.47. The van der Waals surface area contributed by atoms with E-state index in [1.165, 1.54) is 18.4 Å². The Labute approximate surface area is 131 Å². The van der Waals surface area contributed by atoms with Gasteiger partial charge in [0.05, 0.1) is 11.6 Å². The van der Waals surface area contributed by atoms with E-state index in [0.717, 1.165) is 41.3 Å². The Morgan fingerprint density at radius 1 is 1.45 bits per heavy atom. The van der Waals surface area contributed by atoms with Crippen molar-refractivity contribution in [1.29, 1.82) is 0 Å². The molecule has 1 aliphatic carbocycles. The molecular weight excluding hydrogens is 314 g/mol. The van der Waals surface area contributed by atoms with Crippen molar-refractivity contribution >= 4 is 15.9 Å². The first kappa shape index (κ1) is 15.8. The van der Waals surface area contributed by atoms with E-state index in [-0.39, 0.29) is 5.54 Å². The van der Waals surface area contributed by atoms with Gasteiger partial charge in [-0.1, -0.05) is 32.8 Å². The van der Waals surface area contributed by atoms with Crippen molar-refractivity contribution in [2.24, 2.45) is 17.6 Å². The van der Waals surface area contributed by atoms with Crippen molar-refractivity contribution in [2.45, 2.75) is 51.5 Å². The third kappa shape index (κ3) is 3.76. The normalized spacial score (nSPS) is 26.8. The molecule has 0 aromatic heterocycles. The predicted molar refractivity (Wildman–Crippen MR) is 88.1 cm³/mol. The first-order valence-corrected chi connectivity index (χ1v) is 8.34. The third-order valence-corrected chi connectivity index (χ3v) is 5.25. The highest BCUT2D eigenvalue weighted by atomic mass is 79.9. The SMILES string of the molecule is COc1ccc(CC2(N)CCCC(C(C)C)C2)cc1Br. The van der Waals surface area contributed by atoms with E-state index in [1.54, 1.807) is 7.11 Å². The van der Waals surface area contributed by atoms with Crippen LogP contribution >= 0.6 is 15.9 Å². The minimum Gasteiger partial charge on any atom is -0.496 e. The molecule has 20 heavy (non-hydrogen) atoms. The Morgan fingerprint density at radius 3 is 2.80 bits per heavy atom. The maximum absolute atomic E-state index is 6.69. The van der Waals surface area contributed by atoms with Crippen LogP contribution in [0.5, 0.6) is 5.75 Å². The highest BCUT2D eigenvalue weighted by Gasteiger charge is 2.34. The molecule has 2 atom stereocenters. The number of hydrogen-bond donors (Lipinski definition) is 1. The fraction of sp³-hybridized carbons (Fsp3) is 0.647. The van der Waals surface area contributed by atoms with Crippen LogP contribution in [-0.4, -0.2) is 12.6 Å². The Bertz CT molecular complexity index is 460. The summed E-state index contributed by atoms with van der Waals surface area (Å²) in [5, 5.41) is 0. The van der Waals surface area contributed by atoms with E-state index in [1.807, 2.05) is 6.07 Å². The van der Waals surface area contributed by atoms with Crippen LogP contribution in [-0.2, 0) is 6.42 Å². The van der Waals surface area contributed by atoms with Crippen LogP contribution in [0.15, 0.2) is 22.7 Å². The summed E-state index contributed by atoms with van der Waals surface area (Å²) >= 11 is 3.56. The second-order valence-electron chi connectivity index (χ2n) is 6.61. The molecule has 112 valence electrons. The van der Waals surface area contributed by atoms with Gasteiger partial charge in [-0.2, -0.15) is 0 Å². The Kier molecular flexibility index (Phi) is 5.14. The molecule has 2 nitrogen and oxygen atoms in total. The van der Waals surface area contributed by atoms with Crippen molar-refractivity contribution in [3.05, 3.63) is 28.2 Å². The van der Waals surface area contributed by atoms with Gasteiger partial charge in [-0.25, -0.2) is 0 Å². The monoisotopic (exact) mass is 339 g/mol. The quantitative estimate of drug-likeness (QED) is 0.873. The standard InChI is InChI=1S/C17H26BrNO/c1-12(2)14-5-4-8-17(19,11-14)10-13-6-7-16(20-3)15(18)9-13/h6-7,9,12,14H,4-5,8,10-11,19H2,1-3H3. The second kappa shape index (κ2) is 6.48. The van der Waals surface area contributed by atoms with Crippen LogP contribution in [0.4, 0.5) is 0 Å². The maximum atomic E-state index is 6.69. The summed E-state index contributed by atoms with van der Waals surface area (Å²) in [6.45, 7) is 4.64. The highest BCUT2D eigenvalue weighted by Crippen LogP contribution is 2.37. The van der Waals surface area contributed by atoms with Crippen LogP contribution in [0.1, 0.15) is 45.1 Å². The van der Waals surface area contributed by atoms with Gasteiger partial charge in [0, 0.05) is 5.54 Å². The van der Waals surface area contributed by atoms with Gasteiger partial charge in [0.1, 0.15) is 5.75 Å². The molecule has 0 bridgehead atoms. The molecule has 2 rings (SSSR count). The number of hydrogen-bond acceptors (Lipinski definition) is 2. The highest BCUT2D eigenvalue weighted by molar-refractivity contribution is 9.10. The van der Waals surface area contributed by atoms with Gasteiger partial charge in [-0.05, 0) is 64.7 Å². The Hall–Kier alpha value is -0.540. The molecule has 0 heterocycles. The lowest BCUT2D eigenvalue weighted by molar-refractivity contribution is 0.182. The molecule has 1 aromatic carbocycles. The predicted octanol–water partition coefficient (Wildman–Crippen LogP) is 4.54. The molecule has 0 radical (unpaired) electrons. The third-order valence-electron chi connectivity index (χ3n) is 4.63. The van der Waals surface area contributed by atoms with Gasteiger partial charge in [-0.3, -0.25) is 0 Å². The summed E-state index contributed by atoms with van der Waals surface area (Å²) < 4.78 is 6.30. The van der Waals surface area contributed by atoms with Crippen LogP contribution < -0.4 is 10.5 Å². The number of nitrogens with two attached hydrogens (primary N) is 1. The van der Waals surface area contributed by atoms with Gasteiger partial charge < -0.3 is 10.5 Å². The maximum Gasteiger partial charge on any atom is 0.133 e. The summed E-state index contributed by atoms with van der Waals surface area (Å²) in [7, 11) is 1.69. The van der Waals surface area contributed by atoms with Gasteiger partial charge in [-0.15, -0.1) is 0 Å². The van der Waals surface area contributed by atoms with Crippen molar-refractivity contribution in [1.82, 2.24) is 0 Å². The summed E-state index contributed by atoms with van der Waals surface area (Å²) in [5.41, 5.74) is 7.95. The fourth-order valence-electron chi connectivity index (χ4n) is 3.40.